The van der Waals surface area contributed by atoms with Gasteiger partial charge in [-0.2, -0.15) is 0 Å². The third kappa shape index (κ3) is 5.95. The Morgan fingerprint density at radius 2 is 1.90 bits per heavy atom. The number of ether oxygens (including phenoxy) is 3. The second kappa shape index (κ2) is 11.5. The Balaban J connectivity index is 2.29. The number of nitrogens with zero attached hydrogens (tertiary/aromatic N) is 2. The predicted octanol–water partition coefficient (Wildman–Crippen LogP) is 4.41. The lowest BCUT2D eigenvalue weighted by atomic mass is 10.1. The number of aryl methyl sites for hydroxylation is 1. The molecule has 1 aromatic carbocycles. The quantitative estimate of drug-likeness (QED) is 0.385. The van der Waals surface area contributed by atoms with Crippen LogP contribution in [0.5, 0.6) is 11.5 Å². The van der Waals surface area contributed by atoms with Gasteiger partial charge in [0, 0.05) is 18.2 Å². The van der Waals surface area contributed by atoms with Crippen LogP contribution in [0.1, 0.15) is 54.0 Å². The average Bonchev–Trinajstić information content (AvgIpc) is 3.12. The average molecular weight is 435 g/mol. The van der Waals surface area contributed by atoms with Crippen molar-refractivity contribution in [1.82, 2.24) is 4.98 Å². The van der Waals surface area contributed by atoms with Crippen LogP contribution in [-0.4, -0.2) is 44.2 Å². The van der Waals surface area contributed by atoms with Crippen molar-refractivity contribution in [3.05, 3.63) is 34.3 Å². The van der Waals surface area contributed by atoms with Gasteiger partial charge in [0.25, 0.3) is 0 Å². The first-order valence-electron chi connectivity index (χ1n) is 10.1. The van der Waals surface area contributed by atoms with Gasteiger partial charge in [-0.3, -0.25) is 9.69 Å². The highest BCUT2D eigenvalue weighted by Gasteiger charge is 2.24. The number of thiazole rings is 1. The molecule has 0 atom stereocenters. The fraction of sp³-hybridized carbons (Fsp3) is 0.500. The van der Waals surface area contributed by atoms with E-state index in [0.29, 0.717) is 40.4 Å². The maximum Gasteiger partial charge on any atom is 0.350 e. The van der Waals surface area contributed by atoms with Crippen molar-refractivity contribution in [3.8, 4) is 11.5 Å². The largest absolute Gasteiger partial charge is 0.497 e. The summed E-state index contributed by atoms with van der Waals surface area (Å²) in [4.78, 5) is 32.0. The number of anilines is 1. The summed E-state index contributed by atoms with van der Waals surface area (Å²) in [7, 11) is 3.15. The molecule has 0 aliphatic carbocycles. The molecular formula is C22H30N2O5S. The molecule has 0 radical (unpaired) electrons. The highest BCUT2D eigenvalue weighted by Crippen LogP contribution is 2.30. The van der Waals surface area contributed by atoms with E-state index in [4.69, 9.17) is 14.2 Å². The van der Waals surface area contributed by atoms with Crippen molar-refractivity contribution in [1.29, 1.82) is 0 Å². The lowest BCUT2D eigenvalue weighted by molar-refractivity contribution is -0.118. The van der Waals surface area contributed by atoms with Crippen molar-refractivity contribution in [2.45, 2.75) is 46.5 Å². The summed E-state index contributed by atoms with van der Waals surface area (Å²) >= 11 is 1.20. The molecule has 1 heterocycles. The number of amides is 1. The van der Waals surface area contributed by atoms with E-state index >= 15 is 0 Å². The molecule has 0 aliphatic rings. The van der Waals surface area contributed by atoms with Crippen LogP contribution in [0.3, 0.4) is 0 Å². The Kier molecular flexibility index (Phi) is 9.11. The van der Waals surface area contributed by atoms with Crippen LogP contribution in [-0.2, 0) is 16.0 Å². The summed E-state index contributed by atoms with van der Waals surface area (Å²) in [6.45, 7) is 6.47. The van der Waals surface area contributed by atoms with Gasteiger partial charge in [-0.25, -0.2) is 9.78 Å². The van der Waals surface area contributed by atoms with Crippen LogP contribution in [0.4, 0.5) is 5.13 Å². The van der Waals surface area contributed by atoms with E-state index in [1.54, 1.807) is 45.1 Å². The van der Waals surface area contributed by atoms with Gasteiger partial charge in [-0.1, -0.05) is 37.2 Å². The van der Waals surface area contributed by atoms with E-state index < -0.39 is 5.97 Å². The maximum atomic E-state index is 13.2. The zero-order valence-corrected chi connectivity index (χ0v) is 19.1. The Hall–Kier alpha value is -2.61. The van der Waals surface area contributed by atoms with Gasteiger partial charge in [0.05, 0.1) is 32.9 Å². The van der Waals surface area contributed by atoms with E-state index in [1.807, 2.05) is 6.07 Å². The second-order valence-electron chi connectivity index (χ2n) is 6.74. The summed E-state index contributed by atoms with van der Waals surface area (Å²) in [5, 5.41) is 0.518. The van der Waals surface area contributed by atoms with Gasteiger partial charge in [-0.05, 0) is 26.3 Å². The summed E-state index contributed by atoms with van der Waals surface area (Å²) in [5.41, 5.74) is 1.34. The van der Waals surface area contributed by atoms with E-state index in [-0.39, 0.29) is 12.3 Å². The first-order valence-corrected chi connectivity index (χ1v) is 10.9. The Labute approximate surface area is 182 Å². The van der Waals surface area contributed by atoms with Crippen LogP contribution >= 0.6 is 11.3 Å². The molecule has 0 bridgehead atoms. The van der Waals surface area contributed by atoms with Crippen LogP contribution in [0.2, 0.25) is 0 Å². The van der Waals surface area contributed by atoms with Crippen molar-refractivity contribution < 1.29 is 23.8 Å². The van der Waals surface area contributed by atoms with E-state index in [2.05, 4.69) is 11.9 Å². The highest BCUT2D eigenvalue weighted by atomic mass is 32.1. The number of unbranched alkanes of at least 4 members (excludes halogenated alkanes) is 2. The number of rotatable bonds is 11. The standard InChI is InChI=1S/C22H30N2O5S/c1-6-8-9-12-24(22-23-15(3)20(30-22)21(26)29-7-2)19(25)13-16-10-11-17(27-4)14-18(16)28-5/h10-11,14H,6-9,12-13H2,1-5H3. The minimum absolute atomic E-state index is 0.0984. The third-order valence-electron chi connectivity index (χ3n) is 4.60. The summed E-state index contributed by atoms with van der Waals surface area (Å²) in [6.07, 6.45) is 3.06. The summed E-state index contributed by atoms with van der Waals surface area (Å²) in [5.74, 6) is 0.756. The lowest BCUT2D eigenvalue weighted by Crippen LogP contribution is -2.33. The SMILES string of the molecule is CCCCCN(C(=O)Cc1ccc(OC)cc1OC)c1nc(C)c(C(=O)OCC)s1. The zero-order valence-electron chi connectivity index (χ0n) is 18.3. The first kappa shape index (κ1) is 23.7. The fourth-order valence-corrected chi connectivity index (χ4v) is 3.99. The fourth-order valence-electron chi connectivity index (χ4n) is 2.99. The monoisotopic (exact) mass is 434 g/mol. The van der Waals surface area contributed by atoms with Crippen LogP contribution in [0.15, 0.2) is 18.2 Å². The van der Waals surface area contributed by atoms with Crippen LogP contribution in [0, 0.1) is 6.92 Å². The molecule has 2 aromatic rings. The molecule has 30 heavy (non-hydrogen) atoms. The number of carbonyl (C=O) groups excluding carboxylic acids is 2. The van der Waals surface area contributed by atoms with Crippen molar-refractivity contribution >= 4 is 28.3 Å². The minimum atomic E-state index is -0.406. The third-order valence-corrected chi connectivity index (χ3v) is 5.76. The molecule has 0 saturated heterocycles. The molecule has 164 valence electrons. The molecule has 7 nitrogen and oxygen atoms in total. The molecule has 8 heteroatoms. The van der Waals surface area contributed by atoms with Gasteiger partial charge in [0.2, 0.25) is 5.91 Å². The second-order valence-corrected chi connectivity index (χ2v) is 7.72. The van der Waals surface area contributed by atoms with Crippen molar-refractivity contribution in [3.63, 3.8) is 0 Å². The topological polar surface area (TPSA) is 78.0 Å². The first-order chi connectivity index (χ1) is 14.4. The summed E-state index contributed by atoms with van der Waals surface area (Å²) < 4.78 is 15.8. The van der Waals surface area contributed by atoms with Crippen LogP contribution in [0.25, 0.3) is 0 Å². The Bertz CT molecular complexity index is 865. The van der Waals surface area contributed by atoms with Gasteiger partial charge < -0.3 is 14.2 Å². The maximum absolute atomic E-state index is 13.2. The normalized spacial score (nSPS) is 10.6. The predicted molar refractivity (Wildman–Crippen MR) is 118 cm³/mol. The van der Waals surface area contributed by atoms with Gasteiger partial charge in [0.15, 0.2) is 5.13 Å². The van der Waals surface area contributed by atoms with E-state index in [0.717, 1.165) is 24.8 Å². The number of carbonyl (C=O) groups is 2. The molecule has 0 spiro atoms. The zero-order chi connectivity index (χ0) is 22.1. The number of methoxy groups -OCH3 is 2. The molecular weight excluding hydrogens is 404 g/mol. The molecule has 1 aromatic heterocycles. The molecule has 0 N–H and O–H groups in total. The Morgan fingerprint density at radius 3 is 2.53 bits per heavy atom. The van der Waals surface area contributed by atoms with E-state index in [1.165, 1.54) is 11.3 Å². The van der Waals surface area contributed by atoms with E-state index in [9.17, 15) is 9.59 Å². The number of hydrogen-bond acceptors (Lipinski definition) is 7. The molecule has 2 rings (SSSR count). The van der Waals surface area contributed by atoms with Gasteiger partial charge in [0.1, 0.15) is 16.4 Å². The number of esters is 1. The number of aromatic nitrogens is 1. The summed E-state index contributed by atoms with van der Waals surface area (Å²) in [6, 6.07) is 5.40. The molecule has 1 amide bonds. The smallest absolute Gasteiger partial charge is 0.350 e. The van der Waals surface area contributed by atoms with Crippen LogP contribution < -0.4 is 14.4 Å². The van der Waals surface area contributed by atoms with Crippen molar-refractivity contribution in [2.75, 3.05) is 32.3 Å². The van der Waals surface area contributed by atoms with Crippen molar-refractivity contribution in [2.24, 2.45) is 0 Å². The number of hydrogen-bond donors (Lipinski definition) is 0. The lowest BCUT2D eigenvalue weighted by Gasteiger charge is -2.20. The van der Waals surface area contributed by atoms with Gasteiger partial charge >= 0.3 is 5.97 Å². The Morgan fingerprint density at radius 1 is 1.13 bits per heavy atom. The van der Waals surface area contributed by atoms with Gasteiger partial charge in [-0.15, -0.1) is 0 Å². The molecule has 0 aliphatic heterocycles. The molecule has 0 fully saturated rings. The minimum Gasteiger partial charge on any atom is -0.497 e. The number of benzene rings is 1. The molecule has 0 saturated carbocycles. The molecule has 0 unspecified atom stereocenters. The highest BCUT2D eigenvalue weighted by molar-refractivity contribution is 7.17.